The lowest BCUT2D eigenvalue weighted by molar-refractivity contribution is -0.167. The number of carbonyl (C=O) groups excluding carboxylic acids is 3. The molecule has 318 valence electrons. The normalized spacial score (nSPS) is 12.8. The first-order chi connectivity index (χ1) is 27.5. The molecule has 0 bridgehead atoms. The number of hydrogen-bond acceptors (Lipinski definition) is 6. The largest absolute Gasteiger partial charge is 0.462 e. The molecule has 0 radical (unpaired) electrons. The Morgan fingerprint density at radius 2 is 0.696 bits per heavy atom. The molecule has 0 spiro atoms. The zero-order chi connectivity index (χ0) is 40.8. The minimum Gasteiger partial charge on any atom is -0.462 e. The monoisotopic (exact) mass is 779 g/mol. The fraction of sp³-hybridized carbons (Fsp3) is 0.660. The van der Waals surface area contributed by atoms with Crippen molar-refractivity contribution in [3.05, 3.63) is 85.1 Å². The van der Waals surface area contributed by atoms with E-state index in [2.05, 4.69) is 32.9 Å². The Bertz CT molecular complexity index is 1120. The van der Waals surface area contributed by atoms with Crippen LogP contribution in [-0.4, -0.2) is 37.2 Å². The van der Waals surface area contributed by atoms with Crippen LogP contribution in [0, 0.1) is 0 Å². The van der Waals surface area contributed by atoms with Crippen LogP contribution in [0.5, 0.6) is 0 Å². The van der Waals surface area contributed by atoms with Crippen LogP contribution in [0.2, 0.25) is 0 Å². The standard InChI is InChI=1S/C50H82O6/c1-4-7-10-13-16-19-21-22-23-24-25-26-27-28-29-32-34-37-40-43-49(52)55-46-47(45-54-48(51)42-39-36-33-30-18-15-12-9-6-3)56-50(53)44-41-38-35-31-20-17-14-11-8-5-2/h7,10,13,16,19,21-29,47H,4-6,8-9,11-12,14-15,17-18,20,30-46H2,1-3H3/b10-7-,16-13-,21-19-,23-22-,25-24+,27-26-,29-28-. The van der Waals surface area contributed by atoms with Crippen molar-refractivity contribution < 1.29 is 28.6 Å². The van der Waals surface area contributed by atoms with Crippen molar-refractivity contribution in [3.63, 3.8) is 0 Å². The Morgan fingerprint density at radius 3 is 1.09 bits per heavy atom. The van der Waals surface area contributed by atoms with E-state index in [4.69, 9.17) is 14.2 Å². The quantitative estimate of drug-likeness (QED) is 0.0268. The van der Waals surface area contributed by atoms with Crippen molar-refractivity contribution in [2.45, 2.75) is 200 Å². The predicted molar refractivity (Wildman–Crippen MR) is 237 cm³/mol. The first kappa shape index (κ1) is 52.6. The molecule has 0 saturated heterocycles. The molecule has 1 unspecified atom stereocenters. The van der Waals surface area contributed by atoms with Gasteiger partial charge in [0.15, 0.2) is 6.10 Å². The van der Waals surface area contributed by atoms with E-state index in [0.717, 1.165) is 70.6 Å². The number of hydrogen-bond donors (Lipinski definition) is 0. The van der Waals surface area contributed by atoms with Gasteiger partial charge in [0.05, 0.1) is 0 Å². The molecule has 56 heavy (non-hydrogen) atoms. The van der Waals surface area contributed by atoms with Crippen LogP contribution in [0.4, 0.5) is 0 Å². The van der Waals surface area contributed by atoms with Crippen molar-refractivity contribution >= 4 is 17.9 Å². The molecule has 0 aliphatic rings. The number of esters is 3. The molecule has 0 aromatic heterocycles. The second kappa shape index (κ2) is 44.3. The number of carbonyl (C=O) groups is 3. The summed E-state index contributed by atoms with van der Waals surface area (Å²) in [6, 6.07) is 0. The Kier molecular flexibility index (Phi) is 41.6. The first-order valence-electron chi connectivity index (χ1n) is 22.7. The summed E-state index contributed by atoms with van der Waals surface area (Å²) in [5.74, 6) is -0.947. The van der Waals surface area contributed by atoms with Crippen LogP contribution in [0.3, 0.4) is 0 Å². The Labute approximate surface area is 344 Å². The van der Waals surface area contributed by atoms with Gasteiger partial charge >= 0.3 is 17.9 Å². The highest BCUT2D eigenvalue weighted by atomic mass is 16.6. The summed E-state index contributed by atoms with van der Waals surface area (Å²) in [4.78, 5) is 37.6. The van der Waals surface area contributed by atoms with Gasteiger partial charge in [0, 0.05) is 19.3 Å². The summed E-state index contributed by atoms with van der Waals surface area (Å²) in [7, 11) is 0. The van der Waals surface area contributed by atoms with E-state index in [1.54, 1.807) is 0 Å². The molecule has 0 N–H and O–H groups in total. The predicted octanol–water partition coefficient (Wildman–Crippen LogP) is 14.5. The highest BCUT2D eigenvalue weighted by Gasteiger charge is 2.19. The third-order valence-electron chi connectivity index (χ3n) is 9.36. The summed E-state index contributed by atoms with van der Waals surface area (Å²) < 4.78 is 16.6. The van der Waals surface area contributed by atoms with Crippen molar-refractivity contribution in [3.8, 4) is 0 Å². The number of rotatable bonds is 39. The van der Waals surface area contributed by atoms with Crippen LogP contribution in [-0.2, 0) is 28.6 Å². The lowest BCUT2D eigenvalue weighted by Gasteiger charge is -2.18. The van der Waals surface area contributed by atoms with E-state index in [9.17, 15) is 14.4 Å². The molecule has 0 fully saturated rings. The summed E-state index contributed by atoms with van der Waals surface area (Å²) in [5.41, 5.74) is 0. The van der Waals surface area contributed by atoms with E-state index in [-0.39, 0.29) is 31.1 Å². The lowest BCUT2D eigenvalue weighted by atomic mass is 10.1. The molecular formula is C50H82O6. The third kappa shape index (κ3) is 41.7. The second-order valence-corrected chi connectivity index (χ2v) is 14.8. The van der Waals surface area contributed by atoms with E-state index < -0.39 is 6.10 Å². The van der Waals surface area contributed by atoms with Gasteiger partial charge in [-0.05, 0) is 38.5 Å². The average molecular weight is 779 g/mol. The minimum absolute atomic E-state index is 0.0901. The molecule has 0 aromatic carbocycles. The summed E-state index contributed by atoms with van der Waals surface area (Å²) in [5, 5.41) is 0. The van der Waals surface area contributed by atoms with Gasteiger partial charge < -0.3 is 14.2 Å². The number of ether oxygens (including phenoxy) is 3. The van der Waals surface area contributed by atoms with Crippen molar-refractivity contribution in [2.75, 3.05) is 13.2 Å². The Morgan fingerprint density at radius 1 is 0.375 bits per heavy atom. The minimum atomic E-state index is -0.789. The van der Waals surface area contributed by atoms with Crippen molar-refractivity contribution in [2.24, 2.45) is 0 Å². The second-order valence-electron chi connectivity index (χ2n) is 14.8. The highest BCUT2D eigenvalue weighted by molar-refractivity contribution is 5.71. The van der Waals surface area contributed by atoms with Gasteiger partial charge in [-0.3, -0.25) is 14.4 Å². The molecule has 0 rings (SSSR count). The SMILES string of the molecule is CC\C=C/C=C\C=C/C=C\C=C\C=C/C=C\CCCCCC(=O)OCC(COC(=O)CCCCCCCCCCC)OC(=O)CCCCCCCCCCCC. The van der Waals surface area contributed by atoms with Gasteiger partial charge in [-0.15, -0.1) is 0 Å². The molecule has 1 atom stereocenters. The highest BCUT2D eigenvalue weighted by Crippen LogP contribution is 2.14. The third-order valence-corrected chi connectivity index (χ3v) is 9.36. The van der Waals surface area contributed by atoms with Gasteiger partial charge in [0.1, 0.15) is 13.2 Å². The summed E-state index contributed by atoms with van der Waals surface area (Å²) >= 11 is 0. The molecule has 6 heteroatoms. The molecule has 0 aliphatic heterocycles. The molecule has 0 heterocycles. The molecule has 0 saturated carbocycles. The summed E-state index contributed by atoms with van der Waals surface area (Å²) in [6.45, 7) is 6.40. The van der Waals surface area contributed by atoms with Crippen LogP contribution in [0.15, 0.2) is 85.1 Å². The zero-order valence-corrected chi connectivity index (χ0v) is 36.1. The average Bonchev–Trinajstić information content (AvgIpc) is 3.19. The maximum Gasteiger partial charge on any atom is 0.306 e. The van der Waals surface area contributed by atoms with Crippen LogP contribution >= 0.6 is 0 Å². The Hall–Kier alpha value is -3.41. The van der Waals surface area contributed by atoms with Crippen molar-refractivity contribution in [1.29, 1.82) is 0 Å². The van der Waals surface area contributed by atoms with E-state index in [1.165, 1.54) is 83.5 Å². The Balaban J connectivity index is 4.44. The van der Waals surface area contributed by atoms with Gasteiger partial charge in [0.2, 0.25) is 0 Å². The smallest absolute Gasteiger partial charge is 0.306 e. The van der Waals surface area contributed by atoms with Crippen LogP contribution in [0.1, 0.15) is 194 Å². The van der Waals surface area contributed by atoms with E-state index >= 15 is 0 Å². The zero-order valence-electron chi connectivity index (χ0n) is 36.1. The lowest BCUT2D eigenvalue weighted by Crippen LogP contribution is -2.30. The topological polar surface area (TPSA) is 78.9 Å². The fourth-order valence-corrected chi connectivity index (χ4v) is 5.95. The van der Waals surface area contributed by atoms with Gasteiger partial charge in [-0.1, -0.05) is 221 Å². The van der Waals surface area contributed by atoms with Crippen molar-refractivity contribution in [1.82, 2.24) is 0 Å². The molecule has 0 aliphatic carbocycles. The summed E-state index contributed by atoms with van der Waals surface area (Å²) in [6.07, 6.45) is 55.6. The number of unbranched alkanes of at least 4 members (excludes halogenated alkanes) is 20. The molecule has 0 amide bonds. The molecule has 0 aromatic rings. The van der Waals surface area contributed by atoms with E-state index in [1.807, 2.05) is 72.9 Å². The van der Waals surface area contributed by atoms with Crippen LogP contribution in [0.25, 0.3) is 0 Å². The maximum absolute atomic E-state index is 12.7. The molecular weight excluding hydrogens is 697 g/mol. The van der Waals surface area contributed by atoms with Crippen LogP contribution < -0.4 is 0 Å². The van der Waals surface area contributed by atoms with Gasteiger partial charge in [-0.25, -0.2) is 0 Å². The first-order valence-corrected chi connectivity index (χ1v) is 22.7. The van der Waals surface area contributed by atoms with Gasteiger partial charge in [-0.2, -0.15) is 0 Å². The molecule has 6 nitrogen and oxygen atoms in total. The van der Waals surface area contributed by atoms with Gasteiger partial charge in [0.25, 0.3) is 0 Å². The van der Waals surface area contributed by atoms with E-state index in [0.29, 0.717) is 19.3 Å². The number of allylic oxidation sites excluding steroid dienone is 14. The fourth-order valence-electron chi connectivity index (χ4n) is 5.95. The maximum atomic E-state index is 12.7.